The van der Waals surface area contributed by atoms with Gasteiger partial charge in [-0.3, -0.25) is 0 Å². The Morgan fingerprint density at radius 2 is 2.29 bits per heavy atom. The second-order valence-corrected chi connectivity index (χ2v) is 5.10. The summed E-state index contributed by atoms with van der Waals surface area (Å²) < 4.78 is 0. The third-order valence-electron chi connectivity index (χ3n) is 3.72. The second-order valence-electron chi connectivity index (χ2n) is 5.10. The Kier molecular flexibility index (Phi) is 4.19. The van der Waals surface area contributed by atoms with Gasteiger partial charge in [0.15, 0.2) is 0 Å². The van der Waals surface area contributed by atoms with Gasteiger partial charge in [-0.1, -0.05) is 30.7 Å². The van der Waals surface area contributed by atoms with E-state index in [1.807, 2.05) is 6.92 Å². The molecule has 0 amide bonds. The van der Waals surface area contributed by atoms with Crippen LogP contribution in [0.4, 0.5) is 0 Å². The normalized spacial score (nSPS) is 20.3. The molecule has 94 valence electrons. The monoisotopic (exact) mass is 233 g/mol. The van der Waals surface area contributed by atoms with Crippen molar-refractivity contribution < 1.29 is 5.11 Å². The summed E-state index contributed by atoms with van der Waals surface area (Å²) in [6.07, 6.45) is 3.93. The molecular weight excluding hydrogens is 210 g/mol. The Hall–Kier alpha value is -0.860. The number of aryl methyl sites for hydroxylation is 2. The van der Waals surface area contributed by atoms with Crippen molar-refractivity contribution >= 4 is 0 Å². The van der Waals surface area contributed by atoms with E-state index in [-0.39, 0.29) is 6.10 Å². The highest BCUT2D eigenvalue weighted by molar-refractivity contribution is 5.37. The van der Waals surface area contributed by atoms with Crippen molar-refractivity contribution in [3.05, 3.63) is 34.9 Å². The molecule has 2 N–H and O–H groups in total. The average molecular weight is 233 g/mol. The third-order valence-corrected chi connectivity index (χ3v) is 3.72. The molecule has 2 rings (SSSR count). The van der Waals surface area contributed by atoms with E-state index in [1.165, 1.54) is 29.5 Å². The highest BCUT2D eigenvalue weighted by Gasteiger charge is 2.21. The van der Waals surface area contributed by atoms with E-state index < -0.39 is 0 Å². The van der Waals surface area contributed by atoms with E-state index in [1.54, 1.807) is 0 Å². The van der Waals surface area contributed by atoms with Crippen LogP contribution in [0.1, 0.15) is 48.9 Å². The van der Waals surface area contributed by atoms with Gasteiger partial charge in [0.1, 0.15) is 0 Å². The third kappa shape index (κ3) is 3.08. The average Bonchev–Trinajstić information content (AvgIpc) is 2.72. The number of aliphatic hydroxyl groups is 1. The molecule has 17 heavy (non-hydrogen) atoms. The molecule has 1 aromatic carbocycles. The first-order valence-electron chi connectivity index (χ1n) is 6.71. The highest BCUT2D eigenvalue weighted by atomic mass is 16.3. The smallest absolute Gasteiger partial charge is 0.0549 e. The zero-order valence-electron chi connectivity index (χ0n) is 10.9. The molecule has 0 aromatic heterocycles. The summed E-state index contributed by atoms with van der Waals surface area (Å²) in [5, 5.41) is 13.1. The first-order valence-corrected chi connectivity index (χ1v) is 6.71. The molecule has 2 atom stereocenters. The predicted octanol–water partition coefficient (Wildman–Crippen LogP) is 2.73. The standard InChI is InChI=1S/C15H23NO/c1-3-13(17)8-9-16-15-7-6-12-5-4-11(2)10-14(12)15/h4-5,10,13,15-17H,3,6-9H2,1-2H3. The van der Waals surface area contributed by atoms with Crippen molar-refractivity contribution in [3.63, 3.8) is 0 Å². The quantitative estimate of drug-likeness (QED) is 0.819. The molecule has 0 radical (unpaired) electrons. The molecule has 0 aliphatic heterocycles. The number of hydrogen-bond donors (Lipinski definition) is 2. The van der Waals surface area contributed by atoms with Crippen molar-refractivity contribution in [1.82, 2.24) is 5.32 Å². The summed E-state index contributed by atoms with van der Waals surface area (Å²) in [5.41, 5.74) is 4.30. The fraction of sp³-hybridized carbons (Fsp3) is 0.600. The molecule has 2 unspecified atom stereocenters. The van der Waals surface area contributed by atoms with Crippen LogP contribution in [0, 0.1) is 6.92 Å². The van der Waals surface area contributed by atoms with Gasteiger partial charge in [-0.25, -0.2) is 0 Å². The summed E-state index contributed by atoms with van der Waals surface area (Å²) in [4.78, 5) is 0. The molecule has 1 aromatic rings. The van der Waals surface area contributed by atoms with Crippen LogP contribution in [-0.2, 0) is 6.42 Å². The number of nitrogens with one attached hydrogen (secondary N) is 1. The van der Waals surface area contributed by atoms with Crippen molar-refractivity contribution in [3.8, 4) is 0 Å². The number of aliphatic hydroxyl groups excluding tert-OH is 1. The Labute approximate surface area is 104 Å². The molecule has 0 heterocycles. The van der Waals surface area contributed by atoms with Crippen LogP contribution in [0.25, 0.3) is 0 Å². The van der Waals surface area contributed by atoms with Gasteiger partial charge in [0.2, 0.25) is 0 Å². The fourth-order valence-electron chi connectivity index (χ4n) is 2.56. The molecule has 0 spiro atoms. The minimum absolute atomic E-state index is 0.152. The zero-order chi connectivity index (χ0) is 12.3. The van der Waals surface area contributed by atoms with Gasteiger partial charge in [-0.05, 0) is 50.3 Å². The molecule has 1 aliphatic rings. The SMILES string of the molecule is CCC(O)CCNC1CCc2ccc(C)cc21. The van der Waals surface area contributed by atoms with E-state index in [0.717, 1.165) is 19.4 Å². The number of benzene rings is 1. The van der Waals surface area contributed by atoms with Crippen LogP contribution in [0.15, 0.2) is 18.2 Å². The number of fused-ring (bicyclic) bond motifs is 1. The van der Waals surface area contributed by atoms with Gasteiger partial charge >= 0.3 is 0 Å². The molecule has 0 saturated carbocycles. The first kappa shape index (κ1) is 12.6. The van der Waals surface area contributed by atoms with Gasteiger partial charge in [0, 0.05) is 6.04 Å². The summed E-state index contributed by atoms with van der Waals surface area (Å²) >= 11 is 0. The van der Waals surface area contributed by atoms with E-state index >= 15 is 0 Å². The van der Waals surface area contributed by atoms with Crippen molar-refractivity contribution in [2.45, 2.75) is 51.7 Å². The molecule has 0 bridgehead atoms. The molecule has 0 saturated heterocycles. The highest BCUT2D eigenvalue weighted by Crippen LogP contribution is 2.31. The van der Waals surface area contributed by atoms with Crippen LogP contribution in [-0.4, -0.2) is 17.8 Å². The minimum Gasteiger partial charge on any atom is -0.393 e. The maximum absolute atomic E-state index is 9.53. The van der Waals surface area contributed by atoms with Crippen LogP contribution < -0.4 is 5.32 Å². The molecule has 2 nitrogen and oxygen atoms in total. The number of rotatable bonds is 5. The first-order chi connectivity index (χ1) is 8.20. The minimum atomic E-state index is -0.152. The van der Waals surface area contributed by atoms with Crippen LogP contribution in [0.5, 0.6) is 0 Å². The van der Waals surface area contributed by atoms with Gasteiger partial charge in [0.05, 0.1) is 6.10 Å². The lowest BCUT2D eigenvalue weighted by atomic mass is 10.0. The fourth-order valence-corrected chi connectivity index (χ4v) is 2.56. The molecular formula is C15H23NO. The zero-order valence-corrected chi connectivity index (χ0v) is 10.9. The summed E-state index contributed by atoms with van der Waals surface area (Å²) in [6, 6.07) is 7.25. The largest absolute Gasteiger partial charge is 0.393 e. The number of hydrogen-bond acceptors (Lipinski definition) is 2. The van der Waals surface area contributed by atoms with E-state index in [4.69, 9.17) is 0 Å². The van der Waals surface area contributed by atoms with Crippen molar-refractivity contribution in [1.29, 1.82) is 0 Å². The van der Waals surface area contributed by atoms with Crippen LogP contribution >= 0.6 is 0 Å². The van der Waals surface area contributed by atoms with Crippen LogP contribution in [0.2, 0.25) is 0 Å². The maximum Gasteiger partial charge on any atom is 0.0549 e. The van der Waals surface area contributed by atoms with Crippen LogP contribution in [0.3, 0.4) is 0 Å². The Morgan fingerprint density at radius 1 is 1.47 bits per heavy atom. The summed E-state index contributed by atoms with van der Waals surface area (Å²) in [7, 11) is 0. The predicted molar refractivity (Wildman–Crippen MR) is 71.2 cm³/mol. The Morgan fingerprint density at radius 3 is 3.06 bits per heavy atom. The van der Waals surface area contributed by atoms with E-state index in [0.29, 0.717) is 6.04 Å². The van der Waals surface area contributed by atoms with Gasteiger partial charge < -0.3 is 10.4 Å². The van der Waals surface area contributed by atoms with Gasteiger partial charge in [-0.2, -0.15) is 0 Å². The molecule has 0 fully saturated rings. The van der Waals surface area contributed by atoms with E-state index in [2.05, 4.69) is 30.4 Å². The maximum atomic E-state index is 9.53. The Bertz CT molecular complexity index is 375. The van der Waals surface area contributed by atoms with E-state index in [9.17, 15) is 5.11 Å². The van der Waals surface area contributed by atoms with Gasteiger partial charge in [-0.15, -0.1) is 0 Å². The van der Waals surface area contributed by atoms with Gasteiger partial charge in [0.25, 0.3) is 0 Å². The van der Waals surface area contributed by atoms with Crippen molar-refractivity contribution in [2.24, 2.45) is 0 Å². The molecule has 1 aliphatic carbocycles. The second kappa shape index (κ2) is 5.65. The van der Waals surface area contributed by atoms with Crippen molar-refractivity contribution in [2.75, 3.05) is 6.54 Å². The lowest BCUT2D eigenvalue weighted by Crippen LogP contribution is -2.23. The lowest BCUT2D eigenvalue weighted by Gasteiger charge is -2.16. The lowest BCUT2D eigenvalue weighted by molar-refractivity contribution is 0.158. The summed E-state index contributed by atoms with van der Waals surface area (Å²) in [6.45, 7) is 5.09. The topological polar surface area (TPSA) is 32.3 Å². The molecule has 2 heteroatoms. The Balaban J connectivity index is 1.91. The summed E-state index contributed by atoms with van der Waals surface area (Å²) in [5.74, 6) is 0.